The maximum atomic E-state index is 14.1. The van der Waals surface area contributed by atoms with Crippen LogP contribution in [0.4, 0.5) is 4.39 Å². The first-order valence-electron chi connectivity index (χ1n) is 14.8. The largest absolute Gasteiger partial charge is 0.459 e. The topological polar surface area (TPSA) is 118 Å². The number of rotatable bonds is 11. The number of carbonyl (C=O) groups is 4. The Bertz CT molecular complexity index is 1470. The third-order valence-electron chi connectivity index (χ3n) is 7.31. The van der Waals surface area contributed by atoms with Gasteiger partial charge in [-0.15, -0.1) is 0 Å². The Morgan fingerprint density at radius 2 is 1.73 bits per heavy atom. The molecule has 44 heavy (non-hydrogen) atoms. The number of ketones is 1. The molecule has 0 unspecified atom stereocenters. The maximum Gasteiger partial charge on any atom is 0.320 e. The van der Waals surface area contributed by atoms with Crippen molar-refractivity contribution in [1.82, 2.24) is 20.5 Å². The van der Waals surface area contributed by atoms with Gasteiger partial charge in [0.15, 0.2) is 5.78 Å². The lowest BCUT2D eigenvalue weighted by molar-refractivity contribution is -0.153. The molecule has 1 aliphatic rings. The van der Waals surface area contributed by atoms with Crippen LogP contribution in [0.1, 0.15) is 73.6 Å². The molecule has 2 N–H and O–H groups in total. The zero-order chi connectivity index (χ0) is 31.9. The molecule has 10 heteroatoms. The highest BCUT2D eigenvalue weighted by Gasteiger charge is 2.36. The number of carbonyl (C=O) groups excluding carboxylic acids is 4. The van der Waals surface area contributed by atoms with Crippen LogP contribution in [0.2, 0.25) is 0 Å². The van der Waals surface area contributed by atoms with Crippen molar-refractivity contribution < 1.29 is 28.3 Å². The van der Waals surface area contributed by atoms with E-state index in [4.69, 9.17) is 4.74 Å². The average molecular weight is 603 g/mol. The highest BCUT2D eigenvalue weighted by Crippen LogP contribution is 2.33. The van der Waals surface area contributed by atoms with E-state index in [1.165, 1.54) is 30.5 Å². The monoisotopic (exact) mass is 602 g/mol. The number of nitrogens with zero attached hydrogens (tertiary/aromatic N) is 2. The summed E-state index contributed by atoms with van der Waals surface area (Å²) in [7, 11) is 0. The van der Waals surface area contributed by atoms with Crippen molar-refractivity contribution in [2.75, 3.05) is 13.1 Å². The fourth-order valence-corrected chi connectivity index (χ4v) is 5.16. The van der Waals surface area contributed by atoms with Crippen LogP contribution in [0, 0.1) is 5.82 Å². The Morgan fingerprint density at radius 3 is 2.41 bits per heavy atom. The molecule has 232 valence electrons. The van der Waals surface area contributed by atoms with Crippen LogP contribution >= 0.6 is 0 Å². The predicted octanol–water partition coefficient (Wildman–Crippen LogP) is 4.16. The molecule has 2 aromatic carbocycles. The lowest BCUT2D eigenvalue weighted by Gasteiger charge is -2.30. The molecular weight excluding hydrogens is 563 g/mol. The molecule has 1 aliphatic heterocycles. The summed E-state index contributed by atoms with van der Waals surface area (Å²) in [6.07, 6.45) is 4.79. The SMILES string of the molecule is C[C@H](NCC(=O)OC(C)(C)C)C(=O)N[C@@H](Cc1ccccc1)C(=O)N1CCC[C@H]1c1cncc(C(=O)c2ccc(F)cc2)c1. The number of hydrogen-bond acceptors (Lipinski definition) is 7. The Morgan fingerprint density at radius 1 is 1.02 bits per heavy atom. The Labute approximate surface area is 257 Å². The van der Waals surface area contributed by atoms with Crippen LogP contribution in [0.15, 0.2) is 73.1 Å². The zero-order valence-corrected chi connectivity index (χ0v) is 25.5. The highest BCUT2D eigenvalue weighted by molar-refractivity contribution is 6.08. The third-order valence-corrected chi connectivity index (χ3v) is 7.31. The summed E-state index contributed by atoms with van der Waals surface area (Å²) in [6, 6.07) is 14.5. The number of halogens is 1. The van der Waals surface area contributed by atoms with Crippen molar-refractivity contribution in [3.8, 4) is 0 Å². The molecule has 0 spiro atoms. The second-order valence-electron chi connectivity index (χ2n) is 12.0. The highest BCUT2D eigenvalue weighted by atomic mass is 19.1. The van der Waals surface area contributed by atoms with Gasteiger partial charge in [-0.25, -0.2) is 4.39 Å². The molecule has 2 amide bonds. The van der Waals surface area contributed by atoms with Crippen LogP contribution in [0.5, 0.6) is 0 Å². The van der Waals surface area contributed by atoms with Crippen LogP contribution in [0.3, 0.4) is 0 Å². The molecule has 0 saturated carbocycles. The molecular formula is C34H39FN4O5. The smallest absolute Gasteiger partial charge is 0.320 e. The van der Waals surface area contributed by atoms with Crippen LogP contribution in [-0.4, -0.2) is 64.2 Å². The molecule has 1 aromatic heterocycles. The second-order valence-corrected chi connectivity index (χ2v) is 12.0. The van der Waals surface area contributed by atoms with Crippen molar-refractivity contribution in [2.45, 2.75) is 70.7 Å². The summed E-state index contributed by atoms with van der Waals surface area (Å²) in [5.41, 5.74) is 1.62. The average Bonchev–Trinajstić information content (AvgIpc) is 3.49. The molecule has 0 bridgehead atoms. The Balaban J connectivity index is 1.50. The van der Waals surface area contributed by atoms with Gasteiger partial charge in [0.1, 0.15) is 17.5 Å². The number of pyridine rings is 1. The van der Waals surface area contributed by atoms with E-state index in [-0.39, 0.29) is 30.7 Å². The molecule has 3 atom stereocenters. The maximum absolute atomic E-state index is 14.1. The van der Waals surface area contributed by atoms with Gasteiger partial charge in [-0.05, 0) is 82.0 Å². The molecule has 2 heterocycles. The minimum Gasteiger partial charge on any atom is -0.459 e. The van der Waals surface area contributed by atoms with E-state index in [0.717, 1.165) is 12.0 Å². The van der Waals surface area contributed by atoms with Crippen molar-refractivity contribution in [2.24, 2.45) is 0 Å². The van der Waals surface area contributed by atoms with Crippen LogP contribution < -0.4 is 10.6 Å². The predicted molar refractivity (Wildman–Crippen MR) is 163 cm³/mol. The number of ether oxygens (including phenoxy) is 1. The van der Waals surface area contributed by atoms with E-state index in [9.17, 15) is 23.6 Å². The first-order chi connectivity index (χ1) is 20.9. The molecule has 0 aliphatic carbocycles. The molecule has 4 rings (SSSR count). The van der Waals surface area contributed by atoms with Crippen molar-refractivity contribution >= 4 is 23.6 Å². The molecule has 0 radical (unpaired) electrons. The summed E-state index contributed by atoms with van der Waals surface area (Å²) in [4.78, 5) is 58.5. The summed E-state index contributed by atoms with van der Waals surface area (Å²) >= 11 is 0. The van der Waals surface area contributed by atoms with E-state index in [0.29, 0.717) is 29.7 Å². The molecule has 9 nitrogen and oxygen atoms in total. The third kappa shape index (κ3) is 8.79. The lowest BCUT2D eigenvalue weighted by atomic mass is 9.99. The number of aromatic nitrogens is 1. The number of likely N-dealkylation sites (tertiary alicyclic amines) is 1. The van der Waals surface area contributed by atoms with Crippen LogP contribution in [-0.2, 0) is 25.5 Å². The fourth-order valence-electron chi connectivity index (χ4n) is 5.16. The summed E-state index contributed by atoms with van der Waals surface area (Å²) < 4.78 is 18.7. The normalized spacial score (nSPS) is 16.2. The van der Waals surface area contributed by atoms with E-state index >= 15 is 0 Å². The minimum atomic E-state index is -0.867. The first kappa shape index (κ1) is 32.5. The molecule has 3 aromatic rings. The number of hydrogen-bond donors (Lipinski definition) is 2. The van der Waals surface area contributed by atoms with Crippen molar-refractivity contribution in [1.29, 1.82) is 0 Å². The quantitative estimate of drug-likeness (QED) is 0.250. The number of benzene rings is 2. The zero-order valence-electron chi connectivity index (χ0n) is 25.5. The first-order valence-corrected chi connectivity index (χ1v) is 14.8. The Kier molecular flexibility index (Phi) is 10.6. The standard InChI is InChI=1S/C34H39FN4O5/c1-22(37-21-30(40)44-34(2,3)4)32(42)38-28(17-23-9-6-5-7-10-23)33(43)39-16-8-11-29(39)25-18-26(20-36-19-25)31(41)24-12-14-27(35)15-13-24/h5-7,9-10,12-15,18-20,22,28-29,37H,8,11,16-17,21H2,1-4H3,(H,38,42)/t22-,28-,29-/m0/s1. The van der Waals surface area contributed by atoms with Gasteiger partial charge in [0.2, 0.25) is 11.8 Å². The summed E-state index contributed by atoms with van der Waals surface area (Å²) in [5, 5.41) is 5.77. The number of nitrogens with one attached hydrogen (secondary N) is 2. The van der Waals surface area contributed by atoms with Gasteiger partial charge in [-0.3, -0.25) is 29.5 Å². The lowest BCUT2D eigenvalue weighted by Crippen LogP contribution is -2.54. The number of esters is 1. The van der Waals surface area contributed by atoms with Gasteiger partial charge in [-0.2, -0.15) is 0 Å². The summed E-state index contributed by atoms with van der Waals surface area (Å²) in [6.45, 7) is 7.24. The Hall–Kier alpha value is -4.44. The van der Waals surface area contributed by atoms with Gasteiger partial charge in [0.25, 0.3) is 0 Å². The van der Waals surface area contributed by atoms with Crippen LogP contribution in [0.25, 0.3) is 0 Å². The number of amides is 2. The van der Waals surface area contributed by atoms with Crippen molar-refractivity contribution in [3.63, 3.8) is 0 Å². The summed E-state index contributed by atoms with van der Waals surface area (Å²) in [5.74, 6) is -1.88. The fraction of sp³-hybridized carbons (Fsp3) is 0.382. The van der Waals surface area contributed by atoms with Gasteiger partial charge in [0.05, 0.1) is 18.6 Å². The van der Waals surface area contributed by atoms with E-state index in [1.807, 2.05) is 30.3 Å². The van der Waals surface area contributed by atoms with E-state index in [1.54, 1.807) is 44.9 Å². The molecule has 1 fully saturated rings. The van der Waals surface area contributed by atoms with Gasteiger partial charge < -0.3 is 15.0 Å². The van der Waals surface area contributed by atoms with E-state index in [2.05, 4.69) is 15.6 Å². The van der Waals surface area contributed by atoms with Gasteiger partial charge in [-0.1, -0.05) is 30.3 Å². The van der Waals surface area contributed by atoms with Gasteiger partial charge >= 0.3 is 5.97 Å². The van der Waals surface area contributed by atoms with Gasteiger partial charge in [0, 0.05) is 36.5 Å². The van der Waals surface area contributed by atoms with Crippen molar-refractivity contribution in [3.05, 3.63) is 101 Å². The molecule has 1 saturated heterocycles. The van der Waals surface area contributed by atoms with E-state index < -0.39 is 35.4 Å². The minimum absolute atomic E-state index is 0.155. The second kappa shape index (κ2) is 14.4.